The zero-order valence-corrected chi connectivity index (χ0v) is 24.3. The highest BCUT2D eigenvalue weighted by molar-refractivity contribution is 8.02. The van der Waals surface area contributed by atoms with Crippen LogP contribution in [-0.2, 0) is 19.1 Å². The van der Waals surface area contributed by atoms with E-state index in [-0.39, 0.29) is 29.6 Å². The summed E-state index contributed by atoms with van der Waals surface area (Å²) >= 11 is 1.53. The Morgan fingerprint density at radius 2 is 1.76 bits per heavy atom. The molecule has 1 N–H and O–H groups in total. The van der Waals surface area contributed by atoms with Crippen molar-refractivity contribution in [1.82, 2.24) is 4.90 Å². The lowest BCUT2D eigenvalue weighted by atomic mass is 9.78. The molecule has 41 heavy (non-hydrogen) atoms. The second kappa shape index (κ2) is 11.1. The van der Waals surface area contributed by atoms with Crippen LogP contribution in [0.25, 0.3) is 0 Å². The van der Waals surface area contributed by atoms with Crippen LogP contribution >= 0.6 is 11.8 Å². The molecule has 2 amide bonds. The number of esters is 1. The lowest BCUT2D eigenvalue weighted by molar-refractivity contribution is -0.153. The van der Waals surface area contributed by atoms with Crippen molar-refractivity contribution in [3.63, 3.8) is 0 Å². The van der Waals surface area contributed by atoms with Gasteiger partial charge in [0.1, 0.15) is 6.04 Å². The van der Waals surface area contributed by atoms with Gasteiger partial charge in [0, 0.05) is 17.5 Å². The highest BCUT2D eigenvalue weighted by Crippen LogP contribution is 2.62. The number of carbonyl (C=O) groups excluding carboxylic acids is 3. The quantitative estimate of drug-likeness (QED) is 0.428. The molecule has 7 nitrogen and oxygen atoms in total. The number of anilines is 1. The van der Waals surface area contributed by atoms with E-state index in [4.69, 9.17) is 4.74 Å². The summed E-state index contributed by atoms with van der Waals surface area (Å²) in [6.07, 6.45) is 10.7. The highest BCUT2D eigenvalue weighted by atomic mass is 32.2. The van der Waals surface area contributed by atoms with Gasteiger partial charge in [-0.15, -0.1) is 11.8 Å². The number of allylic oxidation sites excluding steroid dienone is 1. The average Bonchev–Trinajstić information content (AvgIpc) is 3.35. The lowest BCUT2D eigenvalue weighted by Crippen LogP contribution is -2.54. The lowest BCUT2D eigenvalue weighted by Gasteiger charge is -2.39. The molecule has 214 valence electrons. The Bertz CT molecular complexity index is 1390. The molecule has 0 aliphatic carbocycles. The number of cyclic esters (lactones) is 1. The summed E-state index contributed by atoms with van der Waals surface area (Å²) < 4.78 is 4.73. The van der Waals surface area contributed by atoms with Crippen molar-refractivity contribution < 1.29 is 24.2 Å². The number of aliphatic hydroxyl groups excluding tert-OH is 1. The fraction of sp³-hybridized carbons (Fsp3) is 0.424. The second-order valence-corrected chi connectivity index (χ2v) is 12.9. The fourth-order valence-electron chi connectivity index (χ4n) is 7.15. The first kappa shape index (κ1) is 27.8. The zero-order valence-electron chi connectivity index (χ0n) is 23.4. The molecule has 4 heterocycles. The molecule has 0 aromatic heterocycles. The molecule has 0 bridgehead atoms. The van der Waals surface area contributed by atoms with Crippen LogP contribution in [0, 0.1) is 25.7 Å². The summed E-state index contributed by atoms with van der Waals surface area (Å²) in [5.41, 5.74) is 3.51. The van der Waals surface area contributed by atoms with Crippen molar-refractivity contribution in [3.8, 4) is 0 Å². The molecule has 1 unspecified atom stereocenters. The SMILES string of the molecule is Cc1cccc(C)c1N1CC=C[C@]23S[C@@H]4/C=C\CCCCOC(=O)[C@@H]4[C@H]2C(=O)N([C@H](CO)c2ccccc2)C3C1=O. The van der Waals surface area contributed by atoms with Gasteiger partial charge in [-0.25, -0.2) is 0 Å². The maximum absolute atomic E-state index is 14.9. The Labute approximate surface area is 245 Å². The van der Waals surface area contributed by atoms with Gasteiger partial charge in [-0.3, -0.25) is 14.4 Å². The van der Waals surface area contributed by atoms with E-state index in [1.165, 1.54) is 11.8 Å². The van der Waals surface area contributed by atoms with E-state index in [1.54, 1.807) is 9.80 Å². The van der Waals surface area contributed by atoms with Crippen LogP contribution in [0.5, 0.6) is 0 Å². The molecule has 6 atom stereocenters. The van der Waals surface area contributed by atoms with E-state index in [1.807, 2.05) is 80.6 Å². The van der Waals surface area contributed by atoms with Crippen LogP contribution in [0.2, 0.25) is 0 Å². The van der Waals surface area contributed by atoms with Gasteiger partial charge in [-0.2, -0.15) is 0 Å². The minimum Gasteiger partial charge on any atom is -0.465 e. The predicted octanol–water partition coefficient (Wildman–Crippen LogP) is 4.52. The van der Waals surface area contributed by atoms with Crippen molar-refractivity contribution in [2.45, 2.75) is 55.2 Å². The first-order valence-corrected chi connectivity index (χ1v) is 15.3. The summed E-state index contributed by atoms with van der Waals surface area (Å²) in [7, 11) is 0. The van der Waals surface area contributed by atoms with Crippen LogP contribution in [0.15, 0.2) is 72.8 Å². The summed E-state index contributed by atoms with van der Waals surface area (Å²) in [5.74, 6) is -2.40. The standard InChI is InChI=1S/C33H36N2O5S/c1-21-12-10-13-22(2)28(21)34-18-11-17-33-27(26-25(41-33)16-8-3-4-9-19-40-32(26)39)30(37)35(29(33)31(34)38)24(20-36)23-14-6-5-7-15-23/h5-8,10-17,24-27,29,36H,3-4,9,18-20H2,1-2H3/b16-8-/t24-,25-,26+,27+,29?,33+/m1/s1. The Hall–Kier alpha value is -3.36. The average molecular weight is 573 g/mol. The molecule has 0 saturated carbocycles. The number of aliphatic hydroxyl groups is 1. The topological polar surface area (TPSA) is 87.2 Å². The Kier molecular flexibility index (Phi) is 7.55. The summed E-state index contributed by atoms with van der Waals surface area (Å²) in [6.45, 7) is 4.29. The van der Waals surface area contributed by atoms with Crippen LogP contribution in [0.3, 0.4) is 0 Å². The van der Waals surface area contributed by atoms with Gasteiger partial charge in [0.25, 0.3) is 5.91 Å². The molecule has 6 rings (SSSR count). The maximum atomic E-state index is 14.9. The number of rotatable bonds is 4. The Morgan fingerprint density at radius 3 is 2.49 bits per heavy atom. The third-order valence-electron chi connectivity index (χ3n) is 8.94. The minimum atomic E-state index is -0.992. The second-order valence-electron chi connectivity index (χ2n) is 11.4. The normalized spacial score (nSPS) is 31.1. The smallest absolute Gasteiger partial charge is 0.311 e. The van der Waals surface area contributed by atoms with Gasteiger partial charge in [0.2, 0.25) is 5.91 Å². The molecule has 4 aliphatic rings. The molecule has 2 aromatic rings. The van der Waals surface area contributed by atoms with Crippen LogP contribution in [0.1, 0.15) is 42.0 Å². The van der Waals surface area contributed by atoms with Crippen molar-refractivity contribution in [2.75, 3.05) is 24.7 Å². The largest absolute Gasteiger partial charge is 0.465 e. The van der Waals surface area contributed by atoms with Gasteiger partial charge < -0.3 is 19.6 Å². The van der Waals surface area contributed by atoms with Crippen molar-refractivity contribution in [1.29, 1.82) is 0 Å². The number of carbonyl (C=O) groups is 3. The minimum absolute atomic E-state index is 0.203. The van der Waals surface area contributed by atoms with Gasteiger partial charge in [0.05, 0.1) is 35.8 Å². The number of nitrogens with zero attached hydrogens (tertiary/aromatic N) is 2. The van der Waals surface area contributed by atoms with Crippen LogP contribution < -0.4 is 4.90 Å². The third kappa shape index (κ3) is 4.52. The molecule has 4 aliphatic heterocycles. The third-order valence-corrected chi connectivity index (χ3v) is 10.7. The van der Waals surface area contributed by atoms with E-state index in [9.17, 15) is 19.5 Å². The first-order valence-electron chi connectivity index (χ1n) is 14.4. The number of para-hydroxylation sites is 1. The number of fused-ring (bicyclic) bond motifs is 2. The first-order chi connectivity index (χ1) is 19.9. The maximum Gasteiger partial charge on any atom is 0.311 e. The fourth-order valence-corrected chi connectivity index (χ4v) is 9.14. The highest BCUT2D eigenvalue weighted by Gasteiger charge is 2.72. The van der Waals surface area contributed by atoms with E-state index < -0.39 is 28.7 Å². The van der Waals surface area contributed by atoms with Gasteiger partial charge in [-0.1, -0.05) is 72.8 Å². The molecule has 2 fully saturated rings. The molecular weight excluding hydrogens is 536 g/mol. The number of likely N-dealkylation sites (tertiary alicyclic amines) is 1. The monoisotopic (exact) mass is 572 g/mol. The summed E-state index contributed by atoms with van der Waals surface area (Å²) in [6, 6.07) is 13.6. The number of ether oxygens (including phenoxy) is 1. The Morgan fingerprint density at radius 1 is 1.00 bits per heavy atom. The van der Waals surface area contributed by atoms with Crippen molar-refractivity contribution in [2.24, 2.45) is 11.8 Å². The van der Waals surface area contributed by atoms with E-state index in [0.717, 1.165) is 41.6 Å². The number of amides is 2. The molecule has 2 saturated heterocycles. The molecular formula is C33H36N2O5S. The molecule has 2 aromatic carbocycles. The number of hydrogen-bond acceptors (Lipinski definition) is 6. The Balaban J connectivity index is 1.53. The molecule has 1 spiro atoms. The van der Waals surface area contributed by atoms with E-state index >= 15 is 0 Å². The summed E-state index contributed by atoms with van der Waals surface area (Å²) in [4.78, 5) is 46.5. The van der Waals surface area contributed by atoms with Gasteiger partial charge in [-0.05, 0) is 49.8 Å². The van der Waals surface area contributed by atoms with Gasteiger partial charge in [0.15, 0.2) is 0 Å². The van der Waals surface area contributed by atoms with E-state index in [2.05, 4.69) is 6.08 Å². The number of benzene rings is 2. The zero-order chi connectivity index (χ0) is 28.7. The molecule has 8 heteroatoms. The molecule has 0 radical (unpaired) electrons. The summed E-state index contributed by atoms with van der Waals surface area (Å²) in [5, 5.41) is 10.4. The van der Waals surface area contributed by atoms with Crippen LogP contribution in [-0.4, -0.2) is 63.6 Å². The van der Waals surface area contributed by atoms with Crippen LogP contribution in [0.4, 0.5) is 5.69 Å². The van der Waals surface area contributed by atoms with Crippen molar-refractivity contribution >= 4 is 35.2 Å². The van der Waals surface area contributed by atoms with E-state index in [0.29, 0.717) is 13.2 Å². The number of aryl methyl sites for hydroxylation is 2. The predicted molar refractivity (Wildman–Crippen MR) is 159 cm³/mol. The number of thioether (sulfide) groups is 1. The van der Waals surface area contributed by atoms with Gasteiger partial charge >= 0.3 is 5.97 Å². The van der Waals surface area contributed by atoms with Crippen molar-refractivity contribution in [3.05, 3.63) is 89.5 Å². The number of hydrogen-bond donors (Lipinski definition) is 1.